The molecule has 0 unspecified atom stereocenters. The maximum atomic E-state index is 3.70. The zero-order valence-electron chi connectivity index (χ0n) is 16.1. The van der Waals surface area contributed by atoms with E-state index in [0.717, 1.165) is 25.7 Å². The maximum Gasteiger partial charge on any atom is 0.0467 e. The van der Waals surface area contributed by atoms with Crippen molar-refractivity contribution >= 4 is 10.9 Å². The van der Waals surface area contributed by atoms with E-state index in [1.54, 1.807) is 0 Å². The summed E-state index contributed by atoms with van der Waals surface area (Å²) in [5.74, 6) is 0. The lowest BCUT2D eigenvalue weighted by atomic mass is 9.92. The molecule has 0 saturated heterocycles. The van der Waals surface area contributed by atoms with Gasteiger partial charge in [0.1, 0.15) is 0 Å². The van der Waals surface area contributed by atoms with Gasteiger partial charge in [0.05, 0.1) is 0 Å². The van der Waals surface area contributed by atoms with E-state index in [9.17, 15) is 0 Å². The summed E-state index contributed by atoms with van der Waals surface area (Å²) < 4.78 is 0. The Morgan fingerprint density at radius 3 is 2.11 bits per heavy atom. The molecule has 4 aliphatic rings. The molecule has 4 bridgehead atoms. The molecular formula is C26H25N. The van der Waals surface area contributed by atoms with Gasteiger partial charge in [-0.2, -0.15) is 0 Å². The second kappa shape index (κ2) is 6.42. The summed E-state index contributed by atoms with van der Waals surface area (Å²) in [5.41, 5.74) is 12.2. The van der Waals surface area contributed by atoms with Crippen LogP contribution < -0.4 is 0 Å². The van der Waals surface area contributed by atoms with E-state index in [2.05, 4.69) is 79.5 Å². The molecule has 0 spiro atoms. The number of fused-ring (bicyclic) bond motifs is 1. The molecule has 1 heterocycles. The lowest BCUT2D eigenvalue weighted by Gasteiger charge is -2.14. The van der Waals surface area contributed by atoms with Gasteiger partial charge in [-0.15, -0.1) is 0 Å². The molecule has 1 aromatic heterocycles. The van der Waals surface area contributed by atoms with Crippen LogP contribution in [0.2, 0.25) is 0 Å². The molecule has 0 fully saturated rings. The van der Waals surface area contributed by atoms with Crippen molar-refractivity contribution in [2.45, 2.75) is 39.5 Å². The fourth-order valence-corrected chi connectivity index (χ4v) is 4.43. The maximum absolute atomic E-state index is 3.70. The monoisotopic (exact) mass is 351 g/mol. The first-order valence-electron chi connectivity index (χ1n) is 9.96. The van der Waals surface area contributed by atoms with Crippen LogP contribution in [0.5, 0.6) is 0 Å². The Morgan fingerprint density at radius 2 is 1.33 bits per heavy atom. The highest BCUT2D eigenvalue weighted by molar-refractivity contribution is 5.89. The topological polar surface area (TPSA) is 15.8 Å². The number of hydrogen-bond donors (Lipinski definition) is 1. The van der Waals surface area contributed by atoms with E-state index in [-0.39, 0.29) is 0 Å². The Balaban J connectivity index is 1.63. The quantitative estimate of drug-likeness (QED) is 0.412. The molecule has 27 heavy (non-hydrogen) atoms. The van der Waals surface area contributed by atoms with Crippen LogP contribution in [-0.4, -0.2) is 4.98 Å². The van der Waals surface area contributed by atoms with Crippen molar-refractivity contribution in [2.75, 3.05) is 0 Å². The zero-order chi connectivity index (χ0) is 18.4. The number of benzene rings is 3. The van der Waals surface area contributed by atoms with Crippen molar-refractivity contribution in [3.63, 3.8) is 0 Å². The van der Waals surface area contributed by atoms with E-state index in [0.29, 0.717) is 0 Å². The minimum Gasteiger partial charge on any atom is -0.355 e. The van der Waals surface area contributed by atoms with Crippen molar-refractivity contribution in [1.29, 1.82) is 0 Å². The van der Waals surface area contributed by atoms with Gasteiger partial charge in [-0.3, -0.25) is 0 Å². The van der Waals surface area contributed by atoms with Gasteiger partial charge < -0.3 is 4.98 Å². The Bertz CT molecular complexity index is 1130. The highest BCUT2D eigenvalue weighted by Crippen LogP contribution is 2.31. The van der Waals surface area contributed by atoms with Gasteiger partial charge in [-0.25, -0.2) is 0 Å². The van der Waals surface area contributed by atoms with Crippen LogP contribution in [0.25, 0.3) is 22.2 Å². The summed E-state index contributed by atoms with van der Waals surface area (Å²) in [6.07, 6.45) is 4.35. The summed E-state index contributed by atoms with van der Waals surface area (Å²) in [4.78, 5) is 3.70. The lowest BCUT2D eigenvalue weighted by molar-refractivity contribution is 0.922. The number of aromatic amines is 1. The SMILES string of the molecule is Cc1cc(C)c2cc(-c3cc4ccc3CCc3ccc(cc3)CC4)[nH]c2c1. The van der Waals surface area contributed by atoms with Gasteiger partial charge in [0.2, 0.25) is 0 Å². The Hall–Kier alpha value is -2.80. The molecule has 4 aliphatic carbocycles. The van der Waals surface area contributed by atoms with Crippen molar-refractivity contribution < 1.29 is 0 Å². The van der Waals surface area contributed by atoms with Gasteiger partial charge >= 0.3 is 0 Å². The fraction of sp³-hybridized carbons (Fsp3) is 0.231. The Morgan fingerprint density at radius 1 is 0.667 bits per heavy atom. The van der Waals surface area contributed by atoms with Gasteiger partial charge in [-0.1, -0.05) is 42.5 Å². The third-order valence-corrected chi connectivity index (χ3v) is 5.96. The zero-order valence-corrected chi connectivity index (χ0v) is 16.1. The number of hydrogen-bond acceptors (Lipinski definition) is 0. The van der Waals surface area contributed by atoms with Crippen LogP contribution in [-0.2, 0) is 25.7 Å². The summed E-state index contributed by atoms with van der Waals surface area (Å²) in [7, 11) is 0. The standard InChI is InChI=1S/C26H25N/c1-17-13-18(2)23-16-26(27-25(23)14-17)24-15-21-8-7-19-3-5-20(6-4-19)9-11-22(24)12-10-21/h3-6,10,12-16,27H,7-9,11H2,1-2H3. The van der Waals surface area contributed by atoms with Crippen LogP contribution in [0.1, 0.15) is 33.4 Å². The van der Waals surface area contributed by atoms with Crippen molar-refractivity contribution in [3.8, 4) is 11.3 Å². The van der Waals surface area contributed by atoms with E-state index in [4.69, 9.17) is 0 Å². The Labute approximate surface area is 161 Å². The first kappa shape index (κ1) is 16.4. The molecule has 1 heteroatoms. The number of aryl methyl sites for hydroxylation is 6. The van der Waals surface area contributed by atoms with Crippen LogP contribution >= 0.6 is 0 Å². The molecule has 0 aliphatic heterocycles. The number of H-pyrrole nitrogens is 1. The first-order valence-corrected chi connectivity index (χ1v) is 9.96. The van der Waals surface area contributed by atoms with E-state index in [1.807, 2.05) is 0 Å². The average Bonchev–Trinajstić information content (AvgIpc) is 3.08. The molecule has 1 N–H and O–H groups in total. The van der Waals surface area contributed by atoms with E-state index in [1.165, 1.54) is 55.5 Å². The van der Waals surface area contributed by atoms with Crippen molar-refractivity contribution in [1.82, 2.24) is 4.98 Å². The average molecular weight is 351 g/mol. The highest BCUT2D eigenvalue weighted by atomic mass is 14.7. The van der Waals surface area contributed by atoms with Crippen molar-refractivity contribution in [2.24, 2.45) is 0 Å². The first-order chi connectivity index (χ1) is 13.2. The normalized spacial score (nSPS) is 13.7. The molecule has 0 radical (unpaired) electrons. The number of nitrogens with one attached hydrogen (secondary N) is 1. The molecule has 134 valence electrons. The molecule has 3 aromatic carbocycles. The minimum absolute atomic E-state index is 1.07. The largest absolute Gasteiger partial charge is 0.355 e. The van der Waals surface area contributed by atoms with E-state index < -0.39 is 0 Å². The third kappa shape index (κ3) is 3.08. The fourth-order valence-electron chi connectivity index (χ4n) is 4.43. The van der Waals surface area contributed by atoms with Crippen LogP contribution in [0.3, 0.4) is 0 Å². The summed E-state index contributed by atoms with van der Waals surface area (Å²) in [6.45, 7) is 4.38. The molecular weight excluding hydrogens is 326 g/mol. The number of aromatic nitrogens is 1. The van der Waals surface area contributed by atoms with E-state index >= 15 is 0 Å². The van der Waals surface area contributed by atoms with Crippen molar-refractivity contribution in [3.05, 3.63) is 94.0 Å². The molecule has 0 atom stereocenters. The smallest absolute Gasteiger partial charge is 0.0467 e. The molecule has 4 aromatic rings. The second-order valence-corrected chi connectivity index (χ2v) is 8.03. The summed E-state index contributed by atoms with van der Waals surface area (Å²) in [5, 5.41) is 1.34. The number of rotatable bonds is 1. The second-order valence-electron chi connectivity index (χ2n) is 8.03. The van der Waals surface area contributed by atoms with Gasteiger partial charge in [0.15, 0.2) is 0 Å². The molecule has 8 rings (SSSR count). The molecule has 0 saturated carbocycles. The molecule has 1 nitrogen and oxygen atoms in total. The van der Waals surface area contributed by atoms with Crippen LogP contribution in [0, 0.1) is 13.8 Å². The third-order valence-electron chi connectivity index (χ3n) is 5.96. The van der Waals surface area contributed by atoms with Gasteiger partial charge in [0, 0.05) is 22.2 Å². The van der Waals surface area contributed by atoms with Crippen LogP contribution in [0.15, 0.2) is 60.7 Å². The molecule has 0 amide bonds. The van der Waals surface area contributed by atoms with Gasteiger partial charge in [-0.05, 0) is 91.1 Å². The lowest BCUT2D eigenvalue weighted by Crippen LogP contribution is -2.00. The Kier molecular flexibility index (Phi) is 3.89. The van der Waals surface area contributed by atoms with Crippen LogP contribution in [0.4, 0.5) is 0 Å². The predicted molar refractivity (Wildman–Crippen MR) is 114 cm³/mol. The summed E-state index contributed by atoms with van der Waals surface area (Å²) >= 11 is 0. The minimum atomic E-state index is 1.07. The van der Waals surface area contributed by atoms with Gasteiger partial charge in [0.25, 0.3) is 0 Å². The highest BCUT2D eigenvalue weighted by Gasteiger charge is 2.12. The predicted octanol–water partition coefficient (Wildman–Crippen LogP) is 6.34. The summed E-state index contributed by atoms with van der Waals surface area (Å²) in [6, 6.07) is 23.2.